The summed E-state index contributed by atoms with van der Waals surface area (Å²) in [7, 11) is 0. The third-order valence-corrected chi connectivity index (χ3v) is 4.24. The number of nitrogens with zero attached hydrogens (tertiary/aromatic N) is 1. The van der Waals surface area contributed by atoms with E-state index in [4.69, 9.17) is 9.47 Å². The third kappa shape index (κ3) is 2.67. The number of esters is 1. The van der Waals surface area contributed by atoms with Gasteiger partial charge in [-0.25, -0.2) is 4.79 Å². The largest absolute Gasteiger partial charge is 0.481 e. The predicted molar refractivity (Wildman–Crippen MR) is 75.7 cm³/mol. The summed E-state index contributed by atoms with van der Waals surface area (Å²) in [5.41, 5.74) is 0.0937. The predicted octanol–water partition coefficient (Wildman–Crippen LogP) is 0.403. The Morgan fingerprint density at radius 2 is 2.09 bits per heavy atom. The molecule has 2 unspecified atom stereocenters. The molecule has 1 aromatic rings. The van der Waals surface area contributed by atoms with E-state index in [0.717, 1.165) is 0 Å². The van der Waals surface area contributed by atoms with Crippen LogP contribution in [0.25, 0.3) is 0 Å². The number of carboxylic acids is 1. The lowest BCUT2D eigenvalue weighted by atomic mass is 9.78. The minimum absolute atomic E-state index is 0.0937. The Morgan fingerprint density at radius 1 is 1.39 bits per heavy atom. The summed E-state index contributed by atoms with van der Waals surface area (Å²) in [5, 5.41) is 18.1. The molecule has 3 heterocycles. The summed E-state index contributed by atoms with van der Waals surface area (Å²) in [4.78, 5) is 35.7. The van der Waals surface area contributed by atoms with E-state index in [1.54, 1.807) is 6.92 Å². The summed E-state index contributed by atoms with van der Waals surface area (Å²) in [6.45, 7) is 1.86. The number of rotatable bonds is 5. The van der Waals surface area contributed by atoms with Crippen molar-refractivity contribution in [1.82, 2.24) is 10.2 Å². The minimum atomic E-state index is -1.05. The molecular formula is C14H17N3O6. The van der Waals surface area contributed by atoms with Crippen molar-refractivity contribution in [2.75, 3.05) is 11.9 Å². The summed E-state index contributed by atoms with van der Waals surface area (Å²) in [6, 6.07) is 0. The van der Waals surface area contributed by atoms with E-state index in [2.05, 4.69) is 15.5 Å². The highest BCUT2D eigenvalue weighted by molar-refractivity contribution is 6.01. The van der Waals surface area contributed by atoms with E-state index in [-0.39, 0.29) is 18.0 Å². The van der Waals surface area contributed by atoms with Crippen LogP contribution in [0.2, 0.25) is 0 Å². The molecule has 0 saturated carbocycles. The van der Waals surface area contributed by atoms with Crippen LogP contribution in [0.3, 0.4) is 0 Å². The number of ether oxygens (including phenoxy) is 2. The van der Waals surface area contributed by atoms with Gasteiger partial charge in [0.15, 0.2) is 0 Å². The molecule has 2 bridgehead atoms. The highest BCUT2D eigenvalue weighted by atomic mass is 16.5. The summed E-state index contributed by atoms with van der Waals surface area (Å²) in [5.74, 6) is -3.73. The zero-order valence-electron chi connectivity index (χ0n) is 12.4. The van der Waals surface area contributed by atoms with Gasteiger partial charge in [0.25, 0.3) is 0 Å². The van der Waals surface area contributed by atoms with Crippen molar-refractivity contribution in [3.05, 3.63) is 11.8 Å². The Kier molecular flexibility index (Phi) is 4.03. The molecule has 9 nitrogen and oxygen atoms in total. The maximum absolute atomic E-state index is 12.5. The fraction of sp³-hybridized carbons (Fsp3) is 0.571. The normalized spacial score (nSPS) is 28.6. The van der Waals surface area contributed by atoms with Crippen molar-refractivity contribution in [2.24, 2.45) is 11.8 Å². The van der Waals surface area contributed by atoms with Gasteiger partial charge in [0.2, 0.25) is 5.91 Å². The Balaban J connectivity index is 1.76. The number of hydrogen-bond donors (Lipinski definition) is 3. The smallest absolute Gasteiger partial charge is 0.343 e. The molecule has 2 aliphatic rings. The van der Waals surface area contributed by atoms with Gasteiger partial charge in [-0.15, -0.1) is 0 Å². The summed E-state index contributed by atoms with van der Waals surface area (Å²) in [6.07, 6.45) is 1.71. The maximum atomic E-state index is 12.5. The molecule has 1 aromatic heterocycles. The van der Waals surface area contributed by atoms with Crippen LogP contribution in [-0.2, 0) is 19.1 Å². The minimum Gasteiger partial charge on any atom is -0.481 e. The molecular weight excluding hydrogens is 306 g/mol. The monoisotopic (exact) mass is 323 g/mol. The first-order chi connectivity index (χ1) is 11.0. The molecule has 1 amide bonds. The molecule has 0 aromatic carbocycles. The topological polar surface area (TPSA) is 131 Å². The number of nitrogens with one attached hydrogen (secondary N) is 2. The number of aromatic amines is 1. The molecule has 2 saturated heterocycles. The summed E-state index contributed by atoms with van der Waals surface area (Å²) < 4.78 is 10.4. The first-order valence-corrected chi connectivity index (χ1v) is 7.42. The number of fused-ring (bicyclic) bond motifs is 2. The van der Waals surface area contributed by atoms with E-state index in [1.807, 2.05) is 0 Å². The number of H-pyrrole nitrogens is 1. The highest BCUT2D eigenvalue weighted by Crippen LogP contribution is 2.44. The molecule has 0 spiro atoms. The number of hydrogen-bond acceptors (Lipinski definition) is 6. The molecule has 3 N–H and O–H groups in total. The molecule has 0 radical (unpaired) electrons. The first-order valence-electron chi connectivity index (χ1n) is 7.42. The number of carbonyl (C=O) groups excluding carboxylic acids is 2. The number of anilines is 1. The van der Waals surface area contributed by atoms with Crippen molar-refractivity contribution < 1.29 is 29.0 Å². The number of aromatic nitrogens is 2. The van der Waals surface area contributed by atoms with E-state index in [9.17, 15) is 19.5 Å². The van der Waals surface area contributed by atoms with E-state index >= 15 is 0 Å². The number of carboxylic acid groups (broad SMARTS) is 1. The zero-order chi connectivity index (χ0) is 16.6. The fourth-order valence-electron chi connectivity index (χ4n) is 3.28. The maximum Gasteiger partial charge on any atom is 0.343 e. The van der Waals surface area contributed by atoms with Crippen LogP contribution in [0.1, 0.15) is 30.1 Å². The lowest BCUT2D eigenvalue weighted by Gasteiger charge is -2.23. The average molecular weight is 323 g/mol. The van der Waals surface area contributed by atoms with E-state index in [1.165, 1.54) is 6.20 Å². The molecule has 0 aliphatic carbocycles. The molecule has 23 heavy (non-hydrogen) atoms. The molecule has 4 atom stereocenters. The molecule has 124 valence electrons. The molecule has 2 aliphatic heterocycles. The van der Waals surface area contributed by atoms with Gasteiger partial charge in [-0.1, -0.05) is 0 Å². The fourth-order valence-corrected chi connectivity index (χ4v) is 3.28. The van der Waals surface area contributed by atoms with Crippen LogP contribution >= 0.6 is 0 Å². The van der Waals surface area contributed by atoms with Gasteiger partial charge in [0, 0.05) is 0 Å². The van der Waals surface area contributed by atoms with Gasteiger partial charge < -0.3 is 19.9 Å². The number of carbonyl (C=O) groups is 3. The lowest BCUT2D eigenvalue weighted by molar-refractivity contribution is -0.147. The van der Waals surface area contributed by atoms with Crippen LogP contribution in [0.4, 0.5) is 5.82 Å². The Morgan fingerprint density at radius 3 is 2.74 bits per heavy atom. The van der Waals surface area contributed by atoms with Crippen LogP contribution in [0, 0.1) is 11.8 Å². The Bertz CT molecular complexity index is 642. The second-order valence-corrected chi connectivity index (χ2v) is 5.55. The van der Waals surface area contributed by atoms with Crippen LogP contribution < -0.4 is 5.32 Å². The van der Waals surface area contributed by atoms with Crippen molar-refractivity contribution in [2.45, 2.75) is 32.0 Å². The van der Waals surface area contributed by atoms with Gasteiger partial charge in [-0.3, -0.25) is 14.7 Å². The van der Waals surface area contributed by atoms with Crippen LogP contribution in [0.5, 0.6) is 0 Å². The van der Waals surface area contributed by atoms with Crippen LogP contribution in [-0.4, -0.2) is 52.0 Å². The average Bonchev–Trinajstić information content (AvgIpc) is 3.21. The quantitative estimate of drug-likeness (QED) is 0.669. The Hall–Kier alpha value is -2.42. The first kappa shape index (κ1) is 15.5. The van der Waals surface area contributed by atoms with Gasteiger partial charge >= 0.3 is 11.9 Å². The zero-order valence-corrected chi connectivity index (χ0v) is 12.4. The highest BCUT2D eigenvalue weighted by Gasteiger charge is 2.55. The van der Waals surface area contributed by atoms with Crippen molar-refractivity contribution in [1.29, 1.82) is 0 Å². The Labute approximate surface area is 131 Å². The van der Waals surface area contributed by atoms with Gasteiger partial charge in [-0.05, 0) is 19.8 Å². The number of aliphatic carboxylic acids is 1. The van der Waals surface area contributed by atoms with E-state index < -0.39 is 41.9 Å². The second kappa shape index (κ2) is 5.99. The van der Waals surface area contributed by atoms with Gasteiger partial charge in [0.05, 0.1) is 36.8 Å². The van der Waals surface area contributed by atoms with Gasteiger partial charge in [-0.2, -0.15) is 5.10 Å². The van der Waals surface area contributed by atoms with Crippen molar-refractivity contribution in [3.63, 3.8) is 0 Å². The standard InChI is InChI=1S/C14H17N3O6/c1-2-22-14(21)6-5-15-17-11(6)16-12(18)9-7-3-4-8(23-7)10(9)13(19)20/h5,7-10H,2-4H2,1H3,(H,19,20)(H2,15,16,17,18)/t7-,8+,9?,10?/m1/s1. The third-order valence-electron chi connectivity index (χ3n) is 4.24. The molecule has 2 fully saturated rings. The number of amides is 1. The van der Waals surface area contributed by atoms with Crippen LogP contribution in [0.15, 0.2) is 6.20 Å². The SMILES string of the molecule is CCOC(=O)c1cn[nH]c1NC(=O)C1C(C(=O)O)[C@@H]2CC[C@H]1O2. The lowest BCUT2D eigenvalue weighted by Crippen LogP contribution is -2.41. The van der Waals surface area contributed by atoms with Crippen molar-refractivity contribution in [3.8, 4) is 0 Å². The molecule has 9 heteroatoms. The van der Waals surface area contributed by atoms with Gasteiger partial charge in [0.1, 0.15) is 11.4 Å². The molecule has 3 rings (SSSR count). The summed E-state index contributed by atoms with van der Waals surface area (Å²) >= 11 is 0. The van der Waals surface area contributed by atoms with Crippen molar-refractivity contribution >= 4 is 23.7 Å². The second-order valence-electron chi connectivity index (χ2n) is 5.55. The van der Waals surface area contributed by atoms with E-state index in [0.29, 0.717) is 12.8 Å².